The lowest BCUT2D eigenvalue weighted by Gasteiger charge is -2.10. The molecule has 1 aliphatic rings. The quantitative estimate of drug-likeness (QED) is 0.571. The van der Waals surface area contributed by atoms with Crippen molar-refractivity contribution in [1.29, 1.82) is 0 Å². The Labute approximate surface area is 91.9 Å². The maximum Gasteiger partial charge on any atom is 0.0579 e. The molecule has 0 unspecified atom stereocenters. The predicted octanol–water partition coefficient (Wildman–Crippen LogP) is 3.18. The highest BCUT2D eigenvalue weighted by Gasteiger charge is 2.19. The molecule has 0 aliphatic heterocycles. The first kappa shape index (κ1) is 10.3. The highest BCUT2D eigenvalue weighted by molar-refractivity contribution is 5.69. The molecule has 1 aromatic rings. The SMILES string of the molecule is Cc1cccc(NCCCC2CC2)c1N. The first-order valence-electron chi connectivity index (χ1n) is 5.86. The minimum Gasteiger partial charge on any atom is -0.397 e. The maximum absolute atomic E-state index is 5.97. The van der Waals surface area contributed by atoms with Gasteiger partial charge in [-0.15, -0.1) is 0 Å². The van der Waals surface area contributed by atoms with Crippen molar-refractivity contribution in [3.63, 3.8) is 0 Å². The summed E-state index contributed by atoms with van der Waals surface area (Å²) in [4.78, 5) is 0. The zero-order valence-electron chi connectivity index (χ0n) is 9.42. The summed E-state index contributed by atoms with van der Waals surface area (Å²) >= 11 is 0. The lowest BCUT2D eigenvalue weighted by Crippen LogP contribution is -2.05. The van der Waals surface area contributed by atoms with Crippen molar-refractivity contribution < 1.29 is 0 Å². The third kappa shape index (κ3) is 2.88. The molecule has 2 nitrogen and oxygen atoms in total. The number of nitrogens with one attached hydrogen (secondary N) is 1. The van der Waals surface area contributed by atoms with E-state index in [1.807, 2.05) is 13.0 Å². The standard InChI is InChI=1S/C13H20N2/c1-10-4-2-6-12(13(10)14)15-9-3-5-11-7-8-11/h2,4,6,11,15H,3,5,7-9,14H2,1H3. The number of anilines is 2. The fraction of sp³-hybridized carbons (Fsp3) is 0.538. The van der Waals surface area contributed by atoms with Crippen LogP contribution in [0.15, 0.2) is 18.2 Å². The van der Waals surface area contributed by atoms with Gasteiger partial charge in [-0.25, -0.2) is 0 Å². The Kier molecular flexibility index (Phi) is 3.14. The molecule has 0 saturated heterocycles. The Balaban J connectivity index is 1.78. The molecule has 1 saturated carbocycles. The molecule has 2 rings (SSSR count). The number of para-hydroxylation sites is 1. The summed E-state index contributed by atoms with van der Waals surface area (Å²) in [5.74, 6) is 1.03. The van der Waals surface area contributed by atoms with Gasteiger partial charge in [0.15, 0.2) is 0 Å². The third-order valence-corrected chi connectivity index (χ3v) is 3.13. The van der Waals surface area contributed by atoms with Crippen LogP contribution in [0.3, 0.4) is 0 Å². The lowest BCUT2D eigenvalue weighted by molar-refractivity contribution is 0.687. The molecule has 82 valence electrons. The monoisotopic (exact) mass is 204 g/mol. The van der Waals surface area contributed by atoms with Gasteiger partial charge in [0.1, 0.15) is 0 Å². The number of benzene rings is 1. The van der Waals surface area contributed by atoms with Gasteiger partial charge >= 0.3 is 0 Å². The molecular weight excluding hydrogens is 184 g/mol. The summed E-state index contributed by atoms with van der Waals surface area (Å²) in [7, 11) is 0. The van der Waals surface area contributed by atoms with Crippen LogP contribution in [0.2, 0.25) is 0 Å². The van der Waals surface area contributed by atoms with Gasteiger partial charge in [-0.05, 0) is 37.3 Å². The van der Waals surface area contributed by atoms with E-state index in [4.69, 9.17) is 5.73 Å². The van der Waals surface area contributed by atoms with Crippen molar-refractivity contribution in [2.45, 2.75) is 32.6 Å². The Bertz CT molecular complexity index is 329. The topological polar surface area (TPSA) is 38.0 Å². The van der Waals surface area contributed by atoms with E-state index in [0.29, 0.717) is 0 Å². The van der Waals surface area contributed by atoms with Gasteiger partial charge in [0.25, 0.3) is 0 Å². The largest absolute Gasteiger partial charge is 0.397 e. The van der Waals surface area contributed by atoms with Gasteiger partial charge < -0.3 is 11.1 Å². The summed E-state index contributed by atoms with van der Waals surface area (Å²) in [6, 6.07) is 6.15. The zero-order valence-corrected chi connectivity index (χ0v) is 9.42. The summed E-state index contributed by atoms with van der Waals surface area (Å²) < 4.78 is 0. The van der Waals surface area contributed by atoms with Crippen molar-refractivity contribution in [3.8, 4) is 0 Å². The molecule has 0 heterocycles. The number of aryl methyl sites for hydroxylation is 1. The molecule has 3 N–H and O–H groups in total. The second-order valence-corrected chi connectivity index (χ2v) is 4.55. The predicted molar refractivity (Wildman–Crippen MR) is 66.0 cm³/mol. The van der Waals surface area contributed by atoms with Crippen molar-refractivity contribution in [1.82, 2.24) is 0 Å². The summed E-state index contributed by atoms with van der Waals surface area (Å²) in [6.07, 6.45) is 5.54. The van der Waals surface area contributed by atoms with Crippen molar-refractivity contribution >= 4 is 11.4 Å². The molecule has 2 heteroatoms. The first-order valence-corrected chi connectivity index (χ1v) is 5.86. The molecule has 1 fully saturated rings. The van der Waals surface area contributed by atoms with Crippen LogP contribution in [0.1, 0.15) is 31.2 Å². The van der Waals surface area contributed by atoms with Crippen LogP contribution in [0.5, 0.6) is 0 Å². The van der Waals surface area contributed by atoms with Gasteiger partial charge in [-0.2, -0.15) is 0 Å². The molecule has 0 amide bonds. The molecular formula is C13H20N2. The Morgan fingerprint density at radius 2 is 2.20 bits per heavy atom. The van der Waals surface area contributed by atoms with Gasteiger partial charge in [0.2, 0.25) is 0 Å². The number of nitrogen functional groups attached to an aromatic ring is 1. The second-order valence-electron chi connectivity index (χ2n) is 4.55. The average molecular weight is 204 g/mol. The molecule has 15 heavy (non-hydrogen) atoms. The Morgan fingerprint density at radius 3 is 2.93 bits per heavy atom. The van der Waals surface area contributed by atoms with Crippen LogP contribution in [-0.2, 0) is 0 Å². The Morgan fingerprint density at radius 1 is 1.40 bits per heavy atom. The molecule has 0 aromatic heterocycles. The van der Waals surface area contributed by atoms with Gasteiger partial charge in [0, 0.05) is 6.54 Å². The van der Waals surface area contributed by atoms with Crippen LogP contribution >= 0.6 is 0 Å². The van der Waals surface area contributed by atoms with Crippen molar-refractivity contribution in [2.75, 3.05) is 17.6 Å². The van der Waals surface area contributed by atoms with E-state index in [1.165, 1.54) is 25.7 Å². The van der Waals surface area contributed by atoms with E-state index in [0.717, 1.165) is 29.4 Å². The zero-order chi connectivity index (χ0) is 10.7. The normalized spacial score (nSPS) is 15.3. The number of rotatable bonds is 5. The lowest BCUT2D eigenvalue weighted by atomic mass is 10.1. The average Bonchev–Trinajstić information content (AvgIpc) is 3.02. The smallest absolute Gasteiger partial charge is 0.0579 e. The van der Waals surface area contributed by atoms with Crippen molar-refractivity contribution in [2.24, 2.45) is 5.92 Å². The van der Waals surface area contributed by atoms with Crippen LogP contribution < -0.4 is 11.1 Å². The molecule has 1 aliphatic carbocycles. The summed E-state index contributed by atoms with van der Waals surface area (Å²) in [5.41, 5.74) is 9.11. The molecule has 0 spiro atoms. The van der Waals surface area contributed by atoms with Crippen LogP contribution in [0, 0.1) is 12.8 Å². The van der Waals surface area contributed by atoms with E-state index in [9.17, 15) is 0 Å². The van der Waals surface area contributed by atoms with Gasteiger partial charge in [-0.1, -0.05) is 25.0 Å². The molecule has 0 atom stereocenters. The van der Waals surface area contributed by atoms with Crippen LogP contribution in [0.25, 0.3) is 0 Å². The Hall–Kier alpha value is -1.18. The number of nitrogens with two attached hydrogens (primary N) is 1. The fourth-order valence-electron chi connectivity index (χ4n) is 1.86. The van der Waals surface area contributed by atoms with E-state index in [1.54, 1.807) is 0 Å². The molecule has 0 radical (unpaired) electrons. The van der Waals surface area contributed by atoms with E-state index in [2.05, 4.69) is 17.4 Å². The number of hydrogen-bond donors (Lipinski definition) is 2. The highest BCUT2D eigenvalue weighted by Crippen LogP contribution is 2.33. The van der Waals surface area contributed by atoms with E-state index >= 15 is 0 Å². The van der Waals surface area contributed by atoms with Crippen LogP contribution in [-0.4, -0.2) is 6.54 Å². The van der Waals surface area contributed by atoms with Crippen molar-refractivity contribution in [3.05, 3.63) is 23.8 Å². The minimum absolute atomic E-state index is 0.893. The third-order valence-electron chi connectivity index (χ3n) is 3.13. The molecule has 1 aromatic carbocycles. The first-order chi connectivity index (χ1) is 7.27. The summed E-state index contributed by atoms with van der Waals surface area (Å²) in [6.45, 7) is 3.09. The van der Waals surface area contributed by atoms with Gasteiger partial charge in [0.05, 0.1) is 11.4 Å². The van der Waals surface area contributed by atoms with E-state index < -0.39 is 0 Å². The van der Waals surface area contributed by atoms with E-state index in [-0.39, 0.29) is 0 Å². The maximum atomic E-state index is 5.97. The summed E-state index contributed by atoms with van der Waals surface area (Å²) in [5, 5.41) is 3.41. The molecule has 0 bridgehead atoms. The highest BCUT2D eigenvalue weighted by atomic mass is 14.9. The van der Waals surface area contributed by atoms with Crippen LogP contribution in [0.4, 0.5) is 11.4 Å². The van der Waals surface area contributed by atoms with Gasteiger partial charge in [-0.3, -0.25) is 0 Å². The second kappa shape index (κ2) is 4.56. The number of hydrogen-bond acceptors (Lipinski definition) is 2. The minimum atomic E-state index is 0.893. The fourth-order valence-corrected chi connectivity index (χ4v) is 1.86.